The molecule has 2 aromatic carbocycles. The van der Waals surface area contributed by atoms with Gasteiger partial charge in [0.25, 0.3) is 0 Å². The SMILES string of the molecule is CCCCCCCCN(CCCCCCCC)S(=O)(=O)c1ccc(Cl)c(Nc2cc(-c3nc4cc(C(C)(C)C)[nH]n4n3)cc(-c3nc4cc(C(C)(C)C)[nH]n4n3)c2)c1. The zero-order chi connectivity index (χ0) is 41.7. The number of fused-ring (bicyclic) bond motifs is 2. The van der Waals surface area contributed by atoms with Gasteiger partial charge in [-0.1, -0.05) is 131 Å². The normalized spacial score (nSPS) is 12.8. The van der Waals surface area contributed by atoms with E-state index in [1.807, 2.05) is 30.3 Å². The number of rotatable bonds is 20. The molecule has 0 aliphatic rings. The molecule has 0 saturated heterocycles. The van der Waals surface area contributed by atoms with E-state index < -0.39 is 10.0 Å². The zero-order valence-corrected chi connectivity index (χ0v) is 37.3. The summed E-state index contributed by atoms with van der Waals surface area (Å²) in [5, 5.41) is 20.2. The molecule has 4 heterocycles. The summed E-state index contributed by atoms with van der Waals surface area (Å²) in [6, 6.07) is 14.8. The quantitative estimate of drug-likeness (QED) is 0.0650. The third kappa shape index (κ3) is 10.5. The number of aromatic amines is 2. The number of hydrogen-bond acceptors (Lipinski definition) is 7. The largest absolute Gasteiger partial charge is 0.354 e. The lowest BCUT2D eigenvalue weighted by atomic mass is 9.93. The summed E-state index contributed by atoms with van der Waals surface area (Å²) in [6.07, 6.45) is 13.1. The van der Waals surface area contributed by atoms with Gasteiger partial charge in [-0.2, -0.15) is 13.6 Å². The second-order valence-corrected chi connectivity index (χ2v) is 20.1. The van der Waals surface area contributed by atoms with Crippen molar-refractivity contribution in [2.24, 2.45) is 0 Å². The Bertz CT molecular complexity index is 2210. The van der Waals surface area contributed by atoms with Crippen LogP contribution in [0, 0.1) is 0 Å². The molecule has 0 atom stereocenters. The number of anilines is 2. The molecule has 0 spiro atoms. The van der Waals surface area contributed by atoms with Crippen LogP contribution in [0.1, 0.15) is 144 Å². The molecule has 314 valence electrons. The van der Waals surface area contributed by atoms with Crippen molar-refractivity contribution < 1.29 is 8.42 Å². The minimum atomic E-state index is -3.79. The lowest BCUT2D eigenvalue weighted by Gasteiger charge is -2.23. The van der Waals surface area contributed by atoms with Gasteiger partial charge in [-0.25, -0.2) is 18.4 Å². The van der Waals surface area contributed by atoms with Crippen LogP contribution in [-0.2, 0) is 20.9 Å². The molecular formula is C44H63ClN10O2S. The molecule has 14 heteroatoms. The fourth-order valence-electron chi connectivity index (χ4n) is 7.08. The molecule has 0 bridgehead atoms. The Balaban J connectivity index is 1.32. The summed E-state index contributed by atoms with van der Waals surface area (Å²) in [6.45, 7) is 18.3. The first-order valence-electron chi connectivity index (χ1n) is 21.2. The van der Waals surface area contributed by atoms with Gasteiger partial charge in [0.15, 0.2) is 22.9 Å². The summed E-state index contributed by atoms with van der Waals surface area (Å²) < 4.78 is 33.8. The number of nitrogens with zero attached hydrogens (tertiary/aromatic N) is 7. The average Bonchev–Trinajstić information content (AvgIpc) is 3.94. The fraction of sp³-hybridized carbons (Fsp3) is 0.545. The van der Waals surface area contributed by atoms with Crippen molar-refractivity contribution in [3.63, 3.8) is 0 Å². The lowest BCUT2D eigenvalue weighted by molar-refractivity contribution is 0.383. The average molecular weight is 832 g/mol. The Labute approximate surface area is 349 Å². The molecule has 6 aromatic rings. The molecule has 0 radical (unpaired) electrons. The standard InChI is InChI=1S/C44H63ClN10O2S/c1-9-11-13-15-17-19-23-53(24-20-18-16-14-12-10-2)58(56,57)34-21-22-35(45)36(28-34)46-33-26-31(41-47-39-29-37(43(3,4)5)49-54(39)51-41)25-32(27-33)42-48-40-30-38(44(6,7)8)50-55(40)52-42/h21-22,25-30,46,49-50H,9-20,23-24H2,1-8H3. The maximum atomic E-state index is 14.4. The van der Waals surface area contributed by atoms with Gasteiger partial charge >= 0.3 is 0 Å². The molecule has 0 unspecified atom stereocenters. The van der Waals surface area contributed by atoms with E-state index in [0.717, 1.165) is 61.0 Å². The number of halogens is 1. The van der Waals surface area contributed by atoms with E-state index in [0.29, 0.717) is 52.4 Å². The van der Waals surface area contributed by atoms with Crippen LogP contribution >= 0.6 is 11.6 Å². The van der Waals surface area contributed by atoms with Gasteiger partial charge < -0.3 is 5.32 Å². The van der Waals surface area contributed by atoms with E-state index in [1.54, 1.807) is 31.8 Å². The van der Waals surface area contributed by atoms with Gasteiger partial charge in [0.1, 0.15) is 0 Å². The number of hydrogen-bond donors (Lipinski definition) is 3. The van der Waals surface area contributed by atoms with Crippen molar-refractivity contribution in [3.8, 4) is 22.8 Å². The highest BCUT2D eigenvalue weighted by Gasteiger charge is 2.26. The van der Waals surface area contributed by atoms with E-state index >= 15 is 0 Å². The molecule has 12 nitrogen and oxygen atoms in total. The minimum absolute atomic E-state index is 0.0944. The van der Waals surface area contributed by atoms with Crippen molar-refractivity contribution in [3.05, 3.63) is 64.9 Å². The molecular weight excluding hydrogens is 768 g/mol. The summed E-state index contributed by atoms with van der Waals surface area (Å²) in [5.41, 5.74) is 5.86. The molecule has 0 aliphatic heterocycles. The molecule has 58 heavy (non-hydrogen) atoms. The first-order valence-corrected chi connectivity index (χ1v) is 23.0. The molecule has 3 N–H and O–H groups in total. The number of nitrogens with one attached hydrogen (secondary N) is 3. The first kappa shape index (κ1) is 43.4. The van der Waals surface area contributed by atoms with E-state index in [2.05, 4.69) is 70.9 Å². The van der Waals surface area contributed by atoms with Crippen LogP contribution in [0.5, 0.6) is 0 Å². The van der Waals surface area contributed by atoms with Gasteiger partial charge in [0, 0.05) is 64.3 Å². The smallest absolute Gasteiger partial charge is 0.243 e. The van der Waals surface area contributed by atoms with Crippen molar-refractivity contribution in [2.45, 2.75) is 148 Å². The van der Waals surface area contributed by atoms with Crippen LogP contribution in [0.15, 0.2) is 53.4 Å². The molecule has 0 aliphatic carbocycles. The van der Waals surface area contributed by atoms with Gasteiger partial charge in [0.2, 0.25) is 10.0 Å². The topological polar surface area (TPSA) is 141 Å². The number of H-pyrrole nitrogens is 2. The van der Waals surface area contributed by atoms with Crippen LogP contribution in [0.25, 0.3) is 34.1 Å². The van der Waals surface area contributed by atoms with Gasteiger partial charge in [-0.3, -0.25) is 10.2 Å². The number of benzene rings is 2. The number of aromatic nitrogens is 8. The Morgan fingerprint density at radius 3 is 1.57 bits per heavy atom. The second-order valence-electron chi connectivity index (χ2n) is 17.8. The Morgan fingerprint density at radius 2 is 1.12 bits per heavy atom. The molecule has 0 saturated carbocycles. The van der Waals surface area contributed by atoms with Crippen molar-refractivity contribution in [1.82, 2.24) is 43.9 Å². The summed E-state index contributed by atoms with van der Waals surface area (Å²) >= 11 is 6.82. The zero-order valence-electron chi connectivity index (χ0n) is 35.8. The predicted molar refractivity (Wildman–Crippen MR) is 237 cm³/mol. The molecule has 6 rings (SSSR count). The maximum absolute atomic E-state index is 14.4. The maximum Gasteiger partial charge on any atom is 0.243 e. The van der Waals surface area contributed by atoms with Crippen LogP contribution < -0.4 is 5.32 Å². The number of sulfonamides is 1. The van der Waals surface area contributed by atoms with Crippen LogP contribution in [-0.4, -0.2) is 65.4 Å². The highest BCUT2D eigenvalue weighted by atomic mass is 35.5. The van der Waals surface area contributed by atoms with Crippen LogP contribution in [0.3, 0.4) is 0 Å². The van der Waals surface area contributed by atoms with E-state index in [4.69, 9.17) is 31.8 Å². The first-order chi connectivity index (χ1) is 27.6. The highest BCUT2D eigenvalue weighted by Crippen LogP contribution is 2.35. The third-order valence-electron chi connectivity index (χ3n) is 10.7. The van der Waals surface area contributed by atoms with E-state index in [1.165, 1.54) is 38.5 Å². The summed E-state index contributed by atoms with van der Waals surface area (Å²) in [7, 11) is -3.79. The van der Waals surface area contributed by atoms with Gasteiger partial charge in [-0.15, -0.1) is 10.2 Å². The molecule has 0 amide bonds. The predicted octanol–water partition coefficient (Wildman–Crippen LogP) is 11.5. The Kier molecular flexibility index (Phi) is 13.7. The fourth-order valence-corrected chi connectivity index (χ4v) is 8.78. The van der Waals surface area contributed by atoms with Crippen molar-refractivity contribution in [2.75, 3.05) is 18.4 Å². The van der Waals surface area contributed by atoms with Crippen molar-refractivity contribution in [1.29, 1.82) is 0 Å². The molecule has 4 aromatic heterocycles. The van der Waals surface area contributed by atoms with Crippen molar-refractivity contribution >= 4 is 44.3 Å². The summed E-state index contributed by atoms with van der Waals surface area (Å²) in [5.74, 6) is 1.03. The van der Waals surface area contributed by atoms with Gasteiger partial charge in [0.05, 0.1) is 15.6 Å². The van der Waals surface area contributed by atoms with Crippen LogP contribution in [0.2, 0.25) is 5.02 Å². The highest BCUT2D eigenvalue weighted by molar-refractivity contribution is 7.89. The second kappa shape index (κ2) is 18.4. The monoisotopic (exact) mass is 830 g/mol. The van der Waals surface area contributed by atoms with Gasteiger partial charge in [-0.05, 0) is 49.2 Å². The van der Waals surface area contributed by atoms with E-state index in [-0.39, 0.29) is 15.7 Å². The summed E-state index contributed by atoms with van der Waals surface area (Å²) in [4.78, 5) is 9.96. The Morgan fingerprint density at radius 1 is 0.655 bits per heavy atom. The number of unbranched alkanes of at least 4 members (excludes halogenated alkanes) is 10. The van der Waals surface area contributed by atoms with Crippen LogP contribution in [0.4, 0.5) is 11.4 Å². The molecule has 0 fully saturated rings. The van der Waals surface area contributed by atoms with E-state index in [9.17, 15) is 8.42 Å². The lowest BCUT2D eigenvalue weighted by Crippen LogP contribution is -2.33. The minimum Gasteiger partial charge on any atom is -0.354 e. The third-order valence-corrected chi connectivity index (χ3v) is 12.9. The Hall–Kier alpha value is -4.20.